The molecule has 0 spiro atoms. The van der Waals surface area contributed by atoms with Gasteiger partial charge in [-0.3, -0.25) is 9.35 Å². The fourth-order valence-corrected chi connectivity index (χ4v) is 1.47. The van der Waals surface area contributed by atoms with Gasteiger partial charge in [0.15, 0.2) is 0 Å². The second kappa shape index (κ2) is 3.46. The Morgan fingerprint density at radius 3 is 2.57 bits per heavy atom. The van der Waals surface area contributed by atoms with E-state index >= 15 is 0 Å². The highest BCUT2D eigenvalue weighted by molar-refractivity contribution is 7.86. The second-order valence-electron chi connectivity index (χ2n) is 2.87. The maximum absolute atomic E-state index is 10.6. The molecular weight excluding hydrogens is 212 g/mol. The number of hydrogen-bond donors (Lipinski definition) is 4. The summed E-state index contributed by atoms with van der Waals surface area (Å²) in [5, 5.41) is 13.3. The molecule has 2 atom stereocenters. The molecule has 1 heterocycles. The Bertz CT molecular complexity index is 374. The number of carbonyl (C=O) groups is 1. The summed E-state index contributed by atoms with van der Waals surface area (Å²) in [5.41, 5.74) is -1.15. The number of aliphatic carboxylic acids is 1. The zero-order valence-electron chi connectivity index (χ0n) is 7.26. The molecule has 0 radical (unpaired) electrons. The van der Waals surface area contributed by atoms with E-state index in [0.29, 0.717) is 0 Å². The number of hydrogen-bond acceptors (Lipinski definition) is 5. The summed E-state index contributed by atoms with van der Waals surface area (Å²) >= 11 is 0. The highest BCUT2D eigenvalue weighted by atomic mass is 32.2. The van der Waals surface area contributed by atoms with Gasteiger partial charge < -0.3 is 15.7 Å². The van der Waals surface area contributed by atoms with E-state index in [1.54, 1.807) is 0 Å². The molecule has 14 heavy (non-hydrogen) atoms. The minimum Gasteiger partial charge on any atom is -0.481 e. The summed E-state index contributed by atoms with van der Waals surface area (Å²) in [5.74, 6) is -1.93. The first kappa shape index (κ1) is 10.8. The molecule has 7 nitrogen and oxygen atoms in total. The lowest BCUT2D eigenvalue weighted by Crippen LogP contribution is -2.40. The lowest BCUT2D eigenvalue weighted by atomic mass is 10.1. The van der Waals surface area contributed by atoms with Crippen LogP contribution in [0.1, 0.15) is 6.92 Å². The van der Waals surface area contributed by atoms with E-state index in [1.807, 2.05) is 0 Å². The van der Waals surface area contributed by atoms with Crippen molar-refractivity contribution in [2.45, 2.75) is 12.4 Å². The highest BCUT2D eigenvalue weighted by Crippen LogP contribution is 2.12. The standard InChI is InChI=1S/C6H10N2O5S/c1-3(5(9)10)4-2-7-6(8-4)14(11,12)13/h2-3,6-8H,1H3,(H,9,10)(H,11,12,13). The number of rotatable bonds is 3. The van der Waals surface area contributed by atoms with Gasteiger partial charge in [-0.25, -0.2) is 0 Å². The van der Waals surface area contributed by atoms with Crippen LogP contribution < -0.4 is 10.6 Å². The van der Waals surface area contributed by atoms with E-state index in [1.165, 1.54) is 13.1 Å². The zero-order valence-corrected chi connectivity index (χ0v) is 8.08. The third kappa shape index (κ3) is 2.15. The average Bonchev–Trinajstić information content (AvgIpc) is 2.49. The fraction of sp³-hybridized carbons (Fsp3) is 0.500. The van der Waals surface area contributed by atoms with Crippen LogP contribution in [-0.4, -0.2) is 29.5 Å². The molecule has 80 valence electrons. The van der Waals surface area contributed by atoms with Crippen LogP contribution in [0, 0.1) is 5.92 Å². The molecule has 1 aliphatic heterocycles. The predicted octanol–water partition coefficient (Wildman–Crippen LogP) is -1.09. The van der Waals surface area contributed by atoms with Crippen LogP contribution in [0.5, 0.6) is 0 Å². The van der Waals surface area contributed by atoms with E-state index in [2.05, 4.69) is 10.6 Å². The van der Waals surface area contributed by atoms with Gasteiger partial charge in [0.25, 0.3) is 0 Å². The van der Waals surface area contributed by atoms with Gasteiger partial charge in [-0.1, -0.05) is 0 Å². The molecule has 0 aromatic carbocycles. The molecule has 0 aliphatic carbocycles. The minimum absolute atomic E-state index is 0.208. The van der Waals surface area contributed by atoms with Crippen molar-refractivity contribution in [3.63, 3.8) is 0 Å². The van der Waals surface area contributed by atoms with Crippen molar-refractivity contribution in [2.75, 3.05) is 0 Å². The molecule has 1 aliphatic rings. The third-order valence-electron chi connectivity index (χ3n) is 1.82. The molecule has 2 unspecified atom stereocenters. The Morgan fingerprint density at radius 2 is 2.21 bits per heavy atom. The van der Waals surface area contributed by atoms with Crippen LogP contribution in [0.15, 0.2) is 11.9 Å². The van der Waals surface area contributed by atoms with Gasteiger partial charge in [0, 0.05) is 11.9 Å². The highest BCUT2D eigenvalue weighted by Gasteiger charge is 2.30. The number of nitrogens with one attached hydrogen (secondary N) is 2. The van der Waals surface area contributed by atoms with Crippen LogP contribution in [0.25, 0.3) is 0 Å². The largest absolute Gasteiger partial charge is 0.481 e. The summed E-state index contributed by atoms with van der Waals surface area (Å²) in [6.45, 7) is 1.40. The lowest BCUT2D eigenvalue weighted by molar-refractivity contribution is -0.139. The van der Waals surface area contributed by atoms with Crippen LogP contribution in [-0.2, 0) is 14.9 Å². The molecule has 8 heteroatoms. The normalized spacial score (nSPS) is 23.3. The maximum Gasteiger partial charge on any atom is 0.312 e. The first-order chi connectivity index (χ1) is 6.32. The van der Waals surface area contributed by atoms with Crippen molar-refractivity contribution >= 4 is 16.1 Å². The molecule has 0 bridgehead atoms. The first-order valence-corrected chi connectivity index (χ1v) is 5.24. The number of carboxylic acids is 1. The van der Waals surface area contributed by atoms with E-state index in [4.69, 9.17) is 9.66 Å². The molecule has 0 fully saturated rings. The fourth-order valence-electron chi connectivity index (χ4n) is 0.944. The van der Waals surface area contributed by atoms with Crippen LogP contribution in [0.3, 0.4) is 0 Å². The topological polar surface area (TPSA) is 116 Å². The third-order valence-corrected chi connectivity index (χ3v) is 2.67. The van der Waals surface area contributed by atoms with Crippen molar-refractivity contribution < 1.29 is 22.9 Å². The number of carboxylic acid groups (broad SMARTS) is 1. The SMILES string of the molecule is CC(C(=O)O)C1=CNC(S(=O)(=O)O)N1. The molecular formula is C6H10N2O5S. The van der Waals surface area contributed by atoms with Crippen molar-refractivity contribution in [2.24, 2.45) is 5.92 Å². The van der Waals surface area contributed by atoms with Crippen molar-refractivity contribution in [3.05, 3.63) is 11.9 Å². The molecule has 1 rings (SSSR count). The monoisotopic (exact) mass is 222 g/mol. The van der Waals surface area contributed by atoms with E-state index in [0.717, 1.165) is 0 Å². The van der Waals surface area contributed by atoms with Crippen LogP contribution in [0.2, 0.25) is 0 Å². The van der Waals surface area contributed by atoms with Gasteiger partial charge in [0.2, 0.25) is 5.50 Å². The summed E-state index contributed by atoms with van der Waals surface area (Å²) < 4.78 is 29.9. The summed E-state index contributed by atoms with van der Waals surface area (Å²) in [6, 6.07) is 0. The Labute approximate surface area is 80.6 Å². The van der Waals surface area contributed by atoms with Crippen molar-refractivity contribution in [1.82, 2.24) is 10.6 Å². The van der Waals surface area contributed by atoms with Crippen LogP contribution in [0.4, 0.5) is 0 Å². The zero-order chi connectivity index (χ0) is 10.9. The Morgan fingerprint density at radius 1 is 1.64 bits per heavy atom. The molecule has 0 aromatic heterocycles. The Kier molecular flexibility index (Phi) is 2.67. The van der Waals surface area contributed by atoms with Gasteiger partial charge in [-0.05, 0) is 6.92 Å². The Hall–Kier alpha value is -1.28. The molecule has 0 amide bonds. The quantitative estimate of drug-likeness (QED) is 0.448. The van der Waals surface area contributed by atoms with Gasteiger partial charge >= 0.3 is 16.1 Å². The van der Waals surface area contributed by atoms with Crippen LogP contribution >= 0.6 is 0 Å². The van der Waals surface area contributed by atoms with E-state index in [-0.39, 0.29) is 5.70 Å². The summed E-state index contributed by atoms with van der Waals surface area (Å²) in [4.78, 5) is 10.5. The molecule has 0 saturated carbocycles. The second-order valence-corrected chi connectivity index (χ2v) is 4.37. The smallest absolute Gasteiger partial charge is 0.312 e. The predicted molar refractivity (Wildman–Crippen MR) is 46.5 cm³/mol. The Balaban J connectivity index is 2.70. The van der Waals surface area contributed by atoms with Gasteiger partial charge in [0.1, 0.15) is 0 Å². The minimum atomic E-state index is -4.26. The summed E-state index contributed by atoms with van der Waals surface area (Å²) in [6.07, 6.45) is 1.22. The molecule has 4 N–H and O–H groups in total. The van der Waals surface area contributed by atoms with Gasteiger partial charge in [-0.2, -0.15) is 8.42 Å². The first-order valence-electron chi connectivity index (χ1n) is 3.74. The van der Waals surface area contributed by atoms with Gasteiger partial charge in [0.05, 0.1) is 5.92 Å². The molecule has 0 saturated heterocycles. The average molecular weight is 222 g/mol. The van der Waals surface area contributed by atoms with E-state index in [9.17, 15) is 13.2 Å². The molecule has 0 aromatic rings. The van der Waals surface area contributed by atoms with Crippen molar-refractivity contribution in [1.29, 1.82) is 0 Å². The maximum atomic E-state index is 10.6. The summed E-state index contributed by atoms with van der Waals surface area (Å²) in [7, 11) is -4.26. The van der Waals surface area contributed by atoms with Crippen molar-refractivity contribution in [3.8, 4) is 0 Å². The van der Waals surface area contributed by atoms with E-state index < -0.39 is 27.5 Å². The lowest BCUT2D eigenvalue weighted by Gasteiger charge is -2.12. The van der Waals surface area contributed by atoms with Gasteiger partial charge in [-0.15, -0.1) is 0 Å².